The third-order valence-electron chi connectivity index (χ3n) is 4.87. The van der Waals surface area contributed by atoms with Crippen molar-refractivity contribution in [1.29, 1.82) is 0 Å². The molecule has 3 atom stereocenters. The molecule has 1 saturated heterocycles. The predicted octanol–water partition coefficient (Wildman–Crippen LogP) is 5.31. The lowest BCUT2D eigenvalue weighted by Gasteiger charge is -2.26. The summed E-state index contributed by atoms with van der Waals surface area (Å²) in [5, 5.41) is 2.59. The van der Waals surface area contributed by atoms with E-state index in [-0.39, 0.29) is 5.66 Å². The molecule has 2 aliphatic rings. The van der Waals surface area contributed by atoms with Crippen LogP contribution in [-0.4, -0.2) is 12.3 Å². The Kier molecular flexibility index (Phi) is 2.69. The number of hydrogen-bond acceptors (Lipinski definition) is 1. The molecule has 4 rings (SSSR count). The second-order valence-corrected chi connectivity index (χ2v) is 9.62. The second-order valence-electron chi connectivity index (χ2n) is 6.35. The molecule has 1 fully saturated rings. The van der Waals surface area contributed by atoms with E-state index < -0.39 is 7.14 Å². The highest BCUT2D eigenvalue weighted by Gasteiger charge is 2.39. The van der Waals surface area contributed by atoms with Gasteiger partial charge in [-0.05, 0) is 34.2 Å². The van der Waals surface area contributed by atoms with Crippen molar-refractivity contribution < 1.29 is 4.57 Å². The fraction of sp³-hybridized carbons (Fsp3) is 0.333. The molecule has 102 valence electrons. The summed E-state index contributed by atoms with van der Waals surface area (Å²) in [5.41, 5.74) is 2.71. The van der Waals surface area contributed by atoms with Gasteiger partial charge in [-0.2, -0.15) is 0 Å². The molecule has 3 unspecified atom stereocenters. The van der Waals surface area contributed by atoms with Gasteiger partial charge in [-0.15, -0.1) is 0 Å². The van der Waals surface area contributed by atoms with Crippen LogP contribution in [-0.2, 0) is 4.57 Å². The van der Waals surface area contributed by atoms with Gasteiger partial charge in [0.15, 0.2) is 0 Å². The number of hydrogen-bond donors (Lipinski definition) is 0. The Bertz CT molecular complexity index is 754. The molecule has 20 heavy (non-hydrogen) atoms. The largest absolute Gasteiger partial charge is 0.323 e. The topological polar surface area (TPSA) is 17.1 Å². The third-order valence-corrected chi connectivity index (χ3v) is 8.59. The van der Waals surface area contributed by atoms with E-state index in [1.54, 1.807) is 0 Å². The molecule has 0 N–H and O–H groups in total. The summed E-state index contributed by atoms with van der Waals surface area (Å²) >= 11 is 0. The quantitative estimate of drug-likeness (QED) is 0.648. The van der Waals surface area contributed by atoms with E-state index in [9.17, 15) is 4.57 Å². The molecule has 0 saturated carbocycles. The Morgan fingerprint density at radius 2 is 1.95 bits per heavy atom. The van der Waals surface area contributed by atoms with Gasteiger partial charge in [-0.1, -0.05) is 55.5 Å². The van der Waals surface area contributed by atoms with Crippen LogP contribution in [0.25, 0.3) is 16.8 Å². The predicted molar refractivity (Wildman–Crippen MR) is 86.8 cm³/mol. The van der Waals surface area contributed by atoms with E-state index in [1.807, 2.05) is 0 Å². The maximum Gasteiger partial charge on any atom is 0.0987 e. The first-order valence-electron chi connectivity index (χ1n) is 7.45. The minimum Gasteiger partial charge on any atom is -0.323 e. The van der Waals surface area contributed by atoms with Crippen LogP contribution in [0.2, 0.25) is 0 Å². The first kappa shape index (κ1) is 12.4. The minimum atomic E-state index is -2.10. The van der Waals surface area contributed by atoms with Crippen LogP contribution in [0.1, 0.15) is 30.1 Å². The van der Waals surface area contributed by atoms with Gasteiger partial charge in [0.25, 0.3) is 0 Å². The summed E-state index contributed by atoms with van der Waals surface area (Å²) in [6.07, 6.45) is 7.35. The summed E-state index contributed by atoms with van der Waals surface area (Å²) in [5.74, 6) is 0.616. The zero-order chi connectivity index (χ0) is 13.7. The van der Waals surface area contributed by atoms with Gasteiger partial charge < -0.3 is 4.57 Å². The highest BCUT2D eigenvalue weighted by molar-refractivity contribution is 7.64. The lowest BCUT2D eigenvalue weighted by atomic mass is 9.93. The molecule has 0 bridgehead atoms. The number of benzene rings is 2. The first-order chi connectivity index (χ1) is 9.67. The van der Waals surface area contributed by atoms with Crippen LogP contribution in [0.4, 0.5) is 0 Å². The summed E-state index contributed by atoms with van der Waals surface area (Å²) in [6.45, 7) is 2.24. The van der Waals surface area contributed by atoms with Crippen molar-refractivity contribution in [3.8, 4) is 0 Å². The Hall–Kier alpha value is -1.33. The van der Waals surface area contributed by atoms with Gasteiger partial charge in [0.05, 0.1) is 12.8 Å². The third kappa shape index (κ3) is 1.73. The molecule has 1 heterocycles. The van der Waals surface area contributed by atoms with Gasteiger partial charge in [0.1, 0.15) is 0 Å². The van der Waals surface area contributed by atoms with E-state index in [2.05, 4.69) is 55.5 Å². The molecule has 1 aliphatic heterocycles. The molecule has 1 aliphatic carbocycles. The average Bonchev–Trinajstić information content (AvgIpc) is 2.80. The molecule has 0 radical (unpaired) electrons. The van der Waals surface area contributed by atoms with Gasteiger partial charge in [-0.3, -0.25) is 0 Å². The number of rotatable bonds is 1. The molecular weight excluding hydrogens is 263 g/mol. The van der Waals surface area contributed by atoms with Crippen LogP contribution < -0.4 is 0 Å². The second kappa shape index (κ2) is 4.33. The SMILES string of the molecule is CC1CCP(=O)(C2C=Cc3cccc4cccc2c34)C1. The number of allylic oxidation sites excluding steroid dienone is 1. The van der Waals surface area contributed by atoms with Gasteiger partial charge in [-0.25, -0.2) is 0 Å². The lowest BCUT2D eigenvalue weighted by Crippen LogP contribution is -2.04. The van der Waals surface area contributed by atoms with Crippen molar-refractivity contribution in [2.75, 3.05) is 12.3 Å². The summed E-state index contributed by atoms with van der Waals surface area (Å²) in [6, 6.07) is 12.9. The Morgan fingerprint density at radius 1 is 1.15 bits per heavy atom. The maximum absolute atomic E-state index is 13.4. The van der Waals surface area contributed by atoms with Crippen LogP contribution >= 0.6 is 7.14 Å². The van der Waals surface area contributed by atoms with E-state index in [4.69, 9.17) is 0 Å². The van der Waals surface area contributed by atoms with Crippen molar-refractivity contribution in [3.05, 3.63) is 53.6 Å². The van der Waals surface area contributed by atoms with Gasteiger partial charge >= 0.3 is 0 Å². The molecule has 0 amide bonds. The Morgan fingerprint density at radius 3 is 2.70 bits per heavy atom. The molecule has 1 nitrogen and oxygen atoms in total. The smallest absolute Gasteiger partial charge is 0.0987 e. The molecule has 0 aromatic heterocycles. The van der Waals surface area contributed by atoms with Crippen molar-refractivity contribution in [3.63, 3.8) is 0 Å². The maximum atomic E-state index is 13.4. The van der Waals surface area contributed by atoms with Crippen molar-refractivity contribution in [2.45, 2.75) is 19.0 Å². The van der Waals surface area contributed by atoms with E-state index in [1.165, 1.54) is 21.9 Å². The highest BCUT2D eigenvalue weighted by Crippen LogP contribution is 2.66. The van der Waals surface area contributed by atoms with Gasteiger partial charge in [0.2, 0.25) is 0 Å². The lowest BCUT2D eigenvalue weighted by molar-refractivity contribution is 0.573. The van der Waals surface area contributed by atoms with Crippen LogP contribution in [0, 0.1) is 5.92 Å². The minimum absolute atomic E-state index is 0.144. The molecule has 2 heteroatoms. The highest BCUT2D eigenvalue weighted by atomic mass is 31.2. The molecule has 0 spiro atoms. The van der Waals surface area contributed by atoms with Gasteiger partial charge in [0, 0.05) is 12.3 Å². The Balaban J connectivity index is 1.93. The first-order valence-corrected chi connectivity index (χ1v) is 9.60. The average molecular weight is 282 g/mol. The monoisotopic (exact) mass is 282 g/mol. The van der Waals surface area contributed by atoms with Crippen molar-refractivity contribution >= 4 is 24.0 Å². The normalized spacial score (nSPS) is 31.9. The fourth-order valence-electron chi connectivity index (χ4n) is 3.90. The van der Waals surface area contributed by atoms with E-state index >= 15 is 0 Å². The van der Waals surface area contributed by atoms with Crippen molar-refractivity contribution in [2.24, 2.45) is 5.92 Å². The molecule has 2 aromatic carbocycles. The van der Waals surface area contributed by atoms with Crippen LogP contribution in [0.3, 0.4) is 0 Å². The molecule has 2 aromatic rings. The van der Waals surface area contributed by atoms with Crippen LogP contribution in [0.15, 0.2) is 42.5 Å². The zero-order valence-electron chi connectivity index (χ0n) is 11.8. The van der Waals surface area contributed by atoms with E-state index in [0.29, 0.717) is 5.92 Å². The molecular formula is C18H19OP. The van der Waals surface area contributed by atoms with E-state index in [0.717, 1.165) is 18.7 Å². The zero-order valence-corrected chi connectivity index (χ0v) is 12.6. The summed E-state index contributed by atoms with van der Waals surface area (Å²) in [7, 11) is -2.10. The van der Waals surface area contributed by atoms with Crippen molar-refractivity contribution in [1.82, 2.24) is 0 Å². The standard InChI is InChI=1S/C18H19OP/c1-13-10-11-20(19,12-13)17-9-8-15-5-2-4-14-6-3-7-16(17)18(14)15/h2-9,13,17H,10-12H2,1H3. The summed E-state index contributed by atoms with van der Waals surface area (Å²) in [4.78, 5) is 0. The summed E-state index contributed by atoms with van der Waals surface area (Å²) < 4.78 is 13.4. The van der Waals surface area contributed by atoms with Crippen LogP contribution in [0.5, 0.6) is 0 Å². The Labute approximate surface area is 120 Å². The fourth-order valence-corrected chi connectivity index (χ4v) is 7.82.